The number of anilines is 1. The Kier molecular flexibility index (Phi) is 5.35. The predicted molar refractivity (Wildman–Crippen MR) is 86.4 cm³/mol. The fourth-order valence-electron chi connectivity index (χ4n) is 2.19. The molecular weight excluding hydrogens is 284 g/mol. The number of benzene rings is 1. The number of nitriles is 1. The summed E-state index contributed by atoms with van der Waals surface area (Å²) < 4.78 is 0. The van der Waals surface area contributed by atoms with Crippen molar-refractivity contribution in [1.82, 2.24) is 9.97 Å². The van der Waals surface area contributed by atoms with Crippen molar-refractivity contribution in [2.75, 3.05) is 18.0 Å². The van der Waals surface area contributed by atoms with Crippen LogP contribution in [-0.2, 0) is 0 Å². The molecule has 5 heteroatoms. The third-order valence-electron chi connectivity index (χ3n) is 3.35. The van der Waals surface area contributed by atoms with Crippen LogP contribution in [0.5, 0.6) is 0 Å². The molecule has 0 N–H and O–H groups in total. The van der Waals surface area contributed by atoms with E-state index in [0.29, 0.717) is 23.9 Å². The molecule has 1 aromatic heterocycles. The van der Waals surface area contributed by atoms with Crippen LogP contribution in [0.2, 0.25) is 5.02 Å². The van der Waals surface area contributed by atoms with Crippen LogP contribution in [0.4, 0.5) is 5.82 Å². The fourth-order valence-corrected chi connectivity index (χ4v) is 2.36. The van der Waals surface area contributed by atoms with Gasteiger partial charge in [-0.05, 0) is 30.5 Å². The topological polar surface area (TPSA) is 52.8 Å². The lowest BCUT2D eigenvalue weighted by molar-refractivity contribution is 0.572. The molecule has 0 aliphatic carbocycles. The van der Waals surface area contributed by atoms with Gasteiger partial charge in [-0.15, -0.1) is 0 Å². The summed E-state index contributed by atoms with van der Waals surface area (Å²) in [5.74, 6) is 1.49. The smallest absolute Gasteiger partial charge is 0.139 e. The molecule has 0 bridgehead atoms. The highest BCUT2D eigenvalue weighted by Crippen LogP contribution is 2.26. The first-order valence-corrected chi connectivity index (χ1v) is 7.51. The van der Waals surface area contributed by atoms with E-state index in [4.69, 9.17) is 16.9 Å². The SMILES string of the molecule is CC(C)CCN(CCC#N)c1ncnc2cc(Cl)ccc12. The first kappa shape index (κ1) is 15.5. The number of hydrogen-bond acceptors (Lipinski definition) is 4. The van der Waals surface area contributed by atoms with E-state index in [2.05, 4.69) is 34.8 Å². The van der Waals surface area contributed by atoms with Crippen molar-refractivity contribution in [3.63, 3.8) is 0 Å². The maximum Gasteiger partial charge on any atom is 0.139 e. The number of halogens is 1. The number of fused-ring (bicyclic) bond motifs is 1. The van der Waals surface area contributed by atoms with Crippen molar-refractivity contribution in [1.29, 1.82) is 5.26 Å². The average Bonchev–Trinajstić information content (AvgIpc) is 2.46. The van der Waals surface area contributed by atoms with Crippen LogP contribution in [0.3, 0.4) is 0 Å². The van der Waals surface area contributed by atoms with Gasteiger partial charge in [0.05, 0.1) is 18.0 Å². The summed E-state index contributed by atoms with van der Waals surface area (Å²) in [6.45, 7) is 5.95. The second kappa shape index (κ2) is 7.24. The van der Waals surface area contributed by atoms with E-state index < -0.39 is 0 Å². The van der Waals surface area contributed by atoms with Gasteiger partial charge in [-0.1, -0.05) is 25.4 Å². The Hall–Kier alpha value is -1.86. The third kappa shape index (κ3) is 4.05. The molecule has 1 aromatic carbocycles. The van der Waals surface area contributed by atoms with Crippen LogP contribution in [0.15, 0.2) is 24.5 Å². The molecule has 0 radical (unpaired) electrons. The molecule has 110 valence electrons. The second-order valence-electron chi connectivity index (χ2n) is 5.44. The van der Waals surface area contributed by atoms with E-state index in [9.17, 15) is 0 Å². The van der Waals surface area contributed by atoms with Crippen molar-refractivity contribution in [2.24, 2.45) is 5.92 Å². The monoisotopic (exact) mass is 302 g/mol. The quantitative estimate of drug-likeness (QED) is 0.808. The lowest BCUT2D eigenvalue weighted by Crippen LogP contribution is -2.27. The molecule has 0 spiro atoms. The zero-order valence-electron chi connectivity index (χ0n) is 12.4. The van der Waals surface area contributed by atoms with Gasteiger partial charge in [-0.25, -0.2) is 9.97 Å². The van der Waals surface area contributed by atoms with Crippen LogP contribution in [0.1, 0.15) is 26.7 Å². The summed E-state index contributed by atoms with van der Waals surface area (Å²) in [6.07, 6.45) is 3.10. The van der Waals surface area contributed by atoms with E-state index in [0.717, 1.165) is 29.7 Å². The van der Waals surface area contributed by atoms with E-state index in [-0.39, 0.29) is 0 Å². The number of rotatable bonds is 6. The van der Waals surface area contributed by atoms with Gasteiger partial charge in [0.15, 0.2) is 0 Å². The van der Waals surface area contributed by atoms with Crippen molar-refractivity contribution in [3.8, 4) is 6.07 Å². The molecule has 4 nitrogen and oxygen atoms in total. The molecule has 2 rings (SSSR count). The van der Waals surface area contributed by atoms with Gasteiger partial charge in [-0.3, -0.25) is 0 Å². The predicted octanol–water partition coefficient (Wildman–Crippen LogP) is 4.05. The maximum absolute atomic E-state index is 8.86. The van der Waals surface area contributed by atoms with Gasteiger partial charge >= 0.3 is 0 Å². The first-order valence-electron chi connectivity index (χ1n) is 7.14. The summed E-state index contributed by atoms with van der Waals surface area (Å²) in [7, 11) is 0. The van der Waals surface area contributed by atoms with Gasteiger partial charge < -0.3 is 4.90 Å². The van der Waals surface area contributed by atoms with Crippen molar-refractivity contribution < 1.29 is 0 Å². The Morgan fingerprint density at radius 3 is 2.81 bits per heavy atom. The fraction of sp³-hybridized carbons (Fsp3) is 0.438. The van der Waals surface area contributed by atoms with Crippen LogP contribution >= 0.6 is 11.6 Å². The van der Waals surface area contributed by atoms with E-state index >= 15 is 0 Å². The summed E-state index contributed by atoms with van der Waals surface area (Å²) in [6, 6.07) is 7.84. The zero-order chi connectivity index (χ0) is 15.2. The van der Waals surface area contributed by atoms with Crippen molar-refractivity contribution in [2.45, 2.75) is 26.7 Å². The van der Waals surface area contributed by atoms with Gasteiger partial charge in [-0.2, -0.15) is 5.26 Å². The van der Waals surface area contributed by atoms with Gasteiger partial charge in [0.1, 0.15) is 12.1 Å². The second-order valence-corrected chi connectivity index (χ2v) is 5.87. The Morgan fingerprint density at radius 1 is 1.29 bits per heavy atom. The highest BCUT2D eigenvalue weighted by molar-refractivity contribution is 6.31. The van der Waals surface area contributed by atoms with E-state index in [1.54, 1.807) is 6.33 Å². The van der Waals surface area contributed by atoms with Crippen LogP contribution in [0.25, 0.3) is 10.9 Å². The van der Waals surface area contributed by atoms with Gasteiger partial charge in [0.2, 0.25) is 0 Å². The zero-order valence-corrected chi connectivity index (χ0v) is 13.1. The molecule has 0 unspecified atom stereocenters. The molecule has 21 heavy (non-hydrogen) atoms. The molecule has 0 amide bonds. The summed E-state index contributed by atoms with van der Waals surface area (Å²) in [4.78, 5) is 10.9. The first-order chi connectivity index (χ1) is 10.1. The van der Waals surface area contributed by atoms with Crippen molar-refractivity contribution >= 4 is 28.3 Å². The minimum atomic E-state index is 0.483. The summed E-state index contributed by atoms with van der Waals surface area (Å²) in [5, 5.41) is 10.5. The highest BCUT2D eigenvalue weighted by Gasteiger charge is 2.13. The molecule has 0 atom stereocenters. The maximum atomic E-state index is 8.86. The molecular formula is C16H19ClN4. The summed E-state index contributed by atoms with van der Waals surface area (Å²) in [5.41, 5.74) is 0.832. The summed E-state index contributed by atoms with van der Waals surface area (Å²) >= 11 is 6.02. The number of hydrogen-bond donors (Lipinski definition) is 0. The molecule has 2 aromatic rings. The van der Waals surface area contributed by atoms with E-state index in [1.165, 1.54) is 0 Å². The highest BCUT2D eigenvalue weighted by atomic mass is 35.5. The van der Waals surface area contributed by atoms with Gasteiger partial charge in [0, 0.05) is 23.5 Å². The van der Waals surface area contributed by atoms with E-state index in [1.807, 2.05) is 18.2 Å². The molecule has 1 heterocycles. The minimum Gasteiger partial charge on any atom is -0.355 e. The van der Waals surface area contributed by atoms with Crippen molar-refractivity contribution in [3.05, 3.63) is 29.5 Å². The average molecular weight is 303 g/mol. The van der Waals surface area contributed by atoms with Crippen LogP contribution in [0, 0.1) is 17.2 Å². The Balaban J connectivity index is 2.36. The number of aromatic nitrogens is 2. The lowest BCUT2D eigenvalue weighted by atomic mass is 10.1. The Labute approximate surface area is 130 Å². The molecule has 0 saturated heterocycles. The normalized spacial score (nSPS) is 10.8. The van der Waals surface area contributed by atoms with Crippen LogP contribution < -0.4 is 4.90 Å². The third-order valence-corrected chi connectivity index (χ3v) is 3.58. The molecule has 0 saturated carbocycles. The van der Waals surface area contributed by atoms with Crippen LogP contribution in [-0.4, -0.2) is 23.1 Å². The Bertz CT molecular complexity index is 648. The molecule has 0 aliphatic rings. The number of nitrogens with zero attached hydrogens (tertiary/aromatic N) is 4. The van der Waals surface area contributed by atoms with Gasteiger partial charge in [0.25, 0.3) is 0 Å². The minimum absolute atomic E-state index is 0.483. The Morgan fingerprint density at radius 2 is 2.10 bits per heavy atom. The molecule has 0 aliphatic heterocycles. The molecule has 0 fully saturated rings. The standard InChI is InChI=1S/C16H19ClN4/c1-12(2)6-9-21(8-3-7-18)16-14-5-4-13(17)10-15(14)19-11-20-16/h4-5,10-12H,3,6,8-9H2,1-2H3. The lowest BCUT2D eigenvalue weighted by Gasteiger charge is -2.24. The largest absolute Gasteiger partial charge is 0.355 e.